The van der Waals surface area contributed by atoms with Gasteiger partial charge in [0, 0.05) is 36.6 Å². The molecule has 0 spiro atoms. The molecule has 0 saturated carbocycles. The summed E-state index contributed by atoms with van der Waals surface area (Å²) in [6.45, 7) is 3.95. The molecule has 0 aliphatic carbocycles. The van der Waals surface area contributed by atoms with Crippen LogP contribution in [0.4, 0.5) is 0 Å². The minimum atomic E-state index is -0.692. The Labute approximate surface area is 215 Å². The minimum Gasteiger partial charge on any atom is -0.491 e. The van der Waals surface area contributed by atoms with E-state index in [1.54, 1.807) is 0 Å². The number of hydrogen-bond acceptors (Lipinski definition) is 7. The molecular formula is C28H29ClN2O5. The van der Waals surface area contributed by atoms with Crippen molar-refractivity contribution in [3.05, 3.63) is 88.4 Å². The summed E-state index contributed by atoms with van der Waals surface area (Å²) in [4.78, 5) is 7.93. The number of para-hydroxylation sites is 1. The van der Waals surface area contributed by atoms with Gasteiger partial charge >= 0.3 is 0 Å². The Morgan fingerprint density at radius 2 is 1.89 bits per heavy atom. The summed E-state index contributed by atoms with van der Waals surface area (Å²) < 4.78 is 16.8. The van der Waals surface area contributed by atoms with Crippen molar-refractivity contribution in [2.75, 3.05) is 26.5 Å². The van der Waals surface area contributed by atoms with Crippen molar-refractivity contribution in [1.82, 2.24) is 4.90 Å². The number of halogens is 1. The Morgan fingerprint density at radius 1 is 1.08 bits per heavy atom. The fourth-order valence-corrected chi connectivity index (χ4v) is 4.58. The molecule has 0 amide bonds. The standard InChI is InChI=1S/C28H29ClN2O5/c1-19-6-2-5-9-26(19)33-17-22(32)15-31(14-21-7-3-4-8-24(21)29)16-23-13-25(30-36-23)20-10-11-27-28(12-20)35-18-34-27/h2-12,22-23,32H,13-18H2,1H3/t22-,23+/m1/s1. The van der Waals surface area contributed by atoms with Crippen LogP contribution in [-0.2, 0) is 11.4 Å². The molecule has 0 radical (unpaired) electrons. The first-order chi connectivity index (χ1) is 17.5. The van der Waals surface area contributed by atoms with E-state index >= 15 is 0 Å². The number of benzene rings is 3. The molecule has 3 aromatic rings. The van der Waals surface area contributed by atoms with Crippen molar-refractivity contribution < 1.29 is 24.2 Å². The Morgan fingerprint density at radius 3 is 2.75 bits per heavy atom. The monoisotopic (exact) mass is 508 g/mol. The highest BCUT2D eigenvalue weighted by Gasteiger charge is 2.27. The zero-order valence-corrected chi connectivity index (χ0v) is 20.9. The maximum absolute atomic E-state index is 10.8. The highest BCUT2D eigenvalue weighted by atomic mass is 35.5. The van der Waals surface area contributed by atoms with Crippen LogP contribution in [0.15, 0.2) is 71.9 Å². The second kappa shape index (κ2) is 11.2. The van der Waals surface area contributed by atoms with Crippen molar-refractivity contribution in [2.24, 2.45) is 5.16 Å². The molecule has 8 heteroatoms. The molecule has 1 N–H and O–H groups in total. The SMILES string of the molecule is Cc1ccccc1OC[C@H](O)CN(Cc1ccccc1Cl)C[C@@H]1CC(c2ccc3c(c2)OCO3)=NO1. The van der Waals surface area contributed by atoms with E-state index < -0.39 is 6.10 Å². The van der Waals surface area contributed by atoms with Gasteiger partial charge in [0.05, 0.1) is 5.71 Å². The van der Waals surface area contributed by atoms with E-state index in [1.165, 1.54) is 0 Å². The van der Waals surface area contributed by atoms with Crippen LogP contribution in [0.5, 0.6) is 17.2 Å². The predicted molar refractivity (Wildman–Crippen MR) is 138 cm³/mol. The molecule has 2 aliphatic heterocycles. The lowest BCUT2D eigenvalue weighted by molar-refractivity contribution is 0.0212. The average Bonchev–Trinajstić information content (AvgIpc) is 3.54. The van der Waals surface area contributed by atoms with E-state index in [9.17, 15) is 5.11 Å². The third kappa shape index (κ3) is 5.93. The first-order valence-electron chi connectivity index (χ1n) is 12.0. The van der Waals surface area contributed by atoms with Crippen LogP contribution in [0.2, 0.25) is 5.02 Å². The first-order valence-corrected chi connectivity index (χ1v) is 12.4. The number of hydrogen-bond donors (Lipinski definition) is 1. The molecule has 2 heterocycles. The zero-order chi connectivity index (χ0) is 24.9. The lowest BCUT2D eigenvalue weighted by atomic mass is 10.0. The summed E-state index contributed by atoms with van der Waals surface area (Å²) in [6, 6.07) is 21.3. The zero-order valence-electron chi connectivity index (χ0n) is 20.1. The van der Waals surface area contributed by atoms with Crippen LogP contribution < -0.4 is 14.2 Å². The van der Waals surface area contributed by atoms with Crippen LogP contribution in [0.25, 0.3) is 0 Å². The Bertz CT molecular complexity index is 1230. The maximum Gasteiger partial charge on any atom is 0.231 e. The highest BCUT2D eigenvalue weighted by Crippen LogP contribution is 2.34. The summed E-state index contributed by atoms with van der Waals surface area (Å²) in [6.07, 6.45) is -0.200. The summed E-state index contributed by atoms with van der Waals surface area (Å²) in [5, 5.41) is 15.8. The first kappa shape index (κ1) is 24.4. The molecule has 0 unspecified atom stereocenters. The van der Waals surface area contributed by atoms with Crippen LogP contribution in [0.1, 0.15) is 23.1 Å². The predicted octanol–water partition coefficient (Wildman–Crippen LogP) is 4.81. The molecule has 0 saturated heterocycles. The number of oxime groups is 1. The van der Waals surface area contributed by atoms with Crippen molar-refractivity contribution in [2.45, 2.75) is 32.1 Å². The van der Waals surface area contributed by atoms with Gasteiger partial charge in [-0.1, -0.05) is 53.2 Å². The van der Waals surface area contributed by atoms with Gasteiger partial charge in [-0.05, 0) is 48.4 Å². The molecule has 0 fully saturated rings. The summed E-state index contributed by atoms with van der Waals surface area (Å²) in [5.74, 6) is 2.23. The van der Waals surface area contributed by atoms with Crippen LogP contribution in [0.3, 0.4) is 0 Å². The Balaban J connectivity index is 1.23. The van der Waals surface area contributed by atoms with Crippen molar-refractivity contribution in [3.8, 4) is 17.2 Å². The van der Waals surface area contributed by atoms with Crippen molar-refractivity contribution in [1.29, 1.82) is 0 Å². The number of rotatable bonds is 10. The van der Waals surface area contributed by atoms with Gasteiger partial charge in [-0.15, -0.1) is 0 Å². The van der Waals surface area contributed by atoms with E-state index in [2.05, 4.69) is 10.1 Å². The van der Waals surface area contributed by atoms with Crippen LogP contribution >= 0.6 is 11.6 Å². The molecule has 36 heavy (non-hydrogen) atoms. The second-order valence-corrected chi connectivity index (χ2v) is 9.46. The largest absolute Gasteiger partial charge is 0.491 e. The van der Waals surface area contributed by atoms with Gasteiger partial charge in [0.25, 0.3) is 0 Å². The van der Waals surface area contributed by atoms with E-state index in [0.717, 1.165) is 39.7 Å². The number of aliphatic hydroxyl groups excluding tert-OH is 1. The number of nitrogens with zero attached hydrogens (tertiary/aromatic N) is 2. The van der Waals surface area contributed by atoms with Gasteiger partial charge in [0.1, 0.15) is 24.6 Å². The van der Waals surface area contributed by atoms with E-state index in [0.29, 0.717) is 31.1 Å². The average molecular weight is 509 g/mol. The van der Waals surface area contributed by atoms with Gasteiger partial charge < -0.3 is 24.2 Å². The number of ether oxygens (including phenoxy) is 3. The van der Waals surface area contributed by atoms with Gasteiger partial charge in [0.2, 0.25) is 6.79 Å². The molecule has 5 rings (SSSR count). The lowest BCUT2D eigenvalue weighted by Gasteiger charge is -2.27. The van der Waals surface area contributed by atoms with Crippen LogP contribution in [-0.4, -0.2) is 54.4 Å². The molecule has 188 valence electrons. The molecule has 0 bridgehead atoms. The maximum atomic E-state index is 10.8. The lowest BCUT2D eigenvalue weighted by Crippen LogP contribution is -2.39. The fraction of sp³-hybridized carbons (Fsp3) is 0.321. The number of aryl methyl sites for hydroxylation is 1. The van der Waals surface area contributed by atoms with E-state index in [1.807, 2.05) is 73.7 Å². The Kier molecular flexibility index (Phi) is 7.60. The van der Waals surface area contributed by atoms with Crippen molar-refractivity contribution >= 4 is 17.3 Å². The second-order valence-electron chi connectivity index (χ2n) is 9.05. The van der Waals surface area contributed by atoms with E-state index in [4.69, 9.17) is 30.6 Å². The smallest absolute Gasteiger partial charge is 0.231 e. The van der Waals surface area contributed by atoms with Gasteiger partial charge in [-0.2, -0.15) is 0 Å². The fourth-order valence-electron chi connectivity index (χ4n) is 4.39. The van der Waals surface area contributed by atoms with Crippen LogP contribution in [0, 0.1) is 6.92 Å². The molecule has 7 nitrogen and oxygen atoms in total. The molecular weight excluding hydrogens is 480 g/mol. The normalized spacial score (nSPS) is 17.1. The minimum absolute atomic E-state index is 0.155. The van der Waals surface area contributed by atoms with Gasteiger partial charge in [-0.3, -0.25) is 4.90 Å². The third-order valence-electron chi connectivity index (χ3n) is 6.25. The third-order valence-corrected chi connectivity index (χ3v) is 6.61. The molecule has 2 atom stereocenters. The number of fused-ring (bicyclic) bond motifs is 1. The molecule has 2 aliphatic rings. The van der Waals surface area contributed by atoms with Gasteiger partial charge in [-0.25, -0.2) is 0 Å². The summed E-state index contributed by atoms with van der Waals surface area (Å²) in [5.41, 5.74) is 3.83. The topological polar surface area (TPSA) is 72.8 Å². The molecule has 0 aromatic heterocycles. The molecule has 3 aromatic carbocycles. The van der Waals surface area contributed by atoms with E-state index in [-0.39, 0.29) is 19.5 Å². The van der Waals surface area contributed by atoms with Crippen molar-refractivity contribution in [3.63, 3.8) is 0 Å². The summed E-state index contributed by atoms with van der Waals surface area (Å²) >= 11 is 6.44. The number of aliphatic hydroxyl groups is 1. The highest BCUT2D eigenvalue weighted by molar-refractivity contribution is 6.31. The quantitative estimate of drug-likeness (QED) is 0.423. The summed E-state index contributed by atoms with van der Waals surface area (Å²) in [7, 11) is 0. The van der Waals surface area contributed by atoms with Gasteiger partial charge in [0.15, 0.2) is 11.5 Å². The Hall–Kier alpha value is -3.26.